The highest BCUT2D eigenvalue weighted by atomic mass is 32.2. The molecule has 1 rings (SSSR count). The van der Waals surface area contributed by atoms with Crippen molar-refractivity contribution in [2.24, 2.45) is 0 Å². The van der Waals surface area contributed by atoms with E-state index in [1.165, 1.54) is 17.8 Å². The molecule has 0 aliphatic heterocycles. The first-order chi connectivity index (χ1) is 9.63. The van der Waals surface area contributed by atoms with E-state index in [0.717, 1.165) is 0 Å². The molecule has 1 amide bonds. The van der Waals surface area contributed by atoms with Gasteiger partial charge in [-0.2, -0.15) is 5.10 Å². The normalized spacial score (nSPS) is 11.2. The van der Waals surface area contributed by atoms with Crippen LogP contribution in [0.5, 0.6) is 0 Å². The highest BCUT2D eigenvalue weighted by Gasteiger charge is 2.22. The molecule has 1 heterocycles. The summed E-state index contributed by atoms with van der Waals surface area (Å²) in [5, 5.41) is 9.66. The summed E-state index contributed by atoms with van der Waals surface area (Å²) >= 11 is 1.30. The Morgan fingerprint density at radius 3 is 2.80 bits per heavy atom. The number of esters is 1. The summed E-state index contributed by atoms with van der Waals surface area (Å²) in [6.07, 6.45) is 8.28. The first-order valence-electron chi connectivity index (χ1n) is 6.03. The van der Waals surface area contributed by atoms with Crippen molar-refractivity contribution < 1.29 is 14.3 Å². The van der Waals surface area contributed by atoms with Crippen molar-refractivity contribution in [3.05, 3.63) is 29.9 Å². The molecule has 0 saturated heterocycles. The van der Waals surface area contributed by atoms with Gasteiger partial charge in [0.2, 0.25) is 5.91 Å². The number of hydrogen-bond acceptors (Lipinski definition) is 5. The molecule has 0 aliphatic carbocycles. The number of amides is 1. The molecule has 0 spiro atoms. The van der Waals surface area contributed by atoms with E-state index in [1.807, 2.05) is 6.92 Å². The van der Waals surface area contributed by atoms with Crippen LogP contribution in [0.2, 0.25) is 0 Å². The Labute approximate surface area is 121 Å². The maximum absolute atomic E-state index is 11.9. The summed E-state index contributed by atoms with van der Waals surface area (Å²) < 4.78 is 4.96. The van der Waals surface area contributed by atoms with Crippen molar-refractivity contribution in [2.45, 2.75) is 18.9 Å². The van der Waals surface area contributed by atoms with Gasteiger partial charge in [0.1, 0.15) is 16.4 Å². The monoisotopic (exact) mass is 295 g/mol. The van der Waals surface area contributed by atoms with Crippen LogP contribution < -0.4 is 5.32 Å². The van der Waals surface area contributed by atoms with Gasteiger partial charge < -0.3 is 10.1 Å². The van der Waals surface area contributed by atoms with Crippen molar-refractivity contribution in [1.82, 2.24) is 10.2 Å². The summed E-state index contributed by atoms with van der Waals surface area (Å²) in [4.78, 5) is 23.6. The summed E-state index contributed by atoms with van der Waals surface area (Å²) in [6, 6.07) is 0. The number of allylic oxidation sites excluding steroid dienone is 3. The first-order valence-corrected chi connectivity index (χ1v) is 7.26. The van der Waals surface area contributed by atoms with Gasteiger partial charge in [-0.1, -0.05) is 18.2 Å². The minimum Gasteiger partial charge on any atom is -0.462 e. The zero-order valence-electron chi connectivity index (χ0n) is 11.6. The van der Waals surface area contributed by atoms with Crippen LogP contribution in [0.4, 0.5) is 5.82 Å². The van der Waals surface area contributed by atoms with E-state index in [4.69, 9.17) is 4.74 Å². The second-order valence-electron chi connectivity index (χ2n) is 3.58. The topological polar surface area (TPSA) is 84.1 Å². The number of carbonyl (C=O) groups is 2. The Balaban J connectivity index is 2.92. The maximum Gasteiger partial charge on any atom is 0.344 e. The van der Waals surface area contributed by atoms with Crippen LogP contribution in [0.25, 0.3) is 0 Å². The number of rotatable bonds is 6. The molecular formula is C13H17N3O3S. The van der Waals surface area contributed by atoms with Crippen LogP contribution in [0.15, 0.2) is 29.3 Å². The minimum atomic E-state index is -0.515. The zero-order valence-corrected chi connectivity index (χ0v) is 12.4. The Morgan fingerprint density at radius 2 is 2.20 bits per heavy atom. The molecule has 0 unspecified atom stereocenters. The number of carbonyl (C=O) groups excluding carboxylic acids is 2. The van der Waals surface area contributed by atoms with Gasteiger partial charge in [-0.3, -0.25) is 9.89 Å². The average molecular weight is 295 g/mol. The number of ether oxygens (including phenoxy) is 1. The third kappa shape index (κ3) is 4.27. The van der Waals surface area contributed by atoms with Crippen LogP contribution in [0.3, 0.4) is 0 Å². The van der Waals surface area contributed by atoms with Crippen LogP contribution in [-0.4, -0.2) is 34.9 Å². The third-order valence-electron chi connectivity index (χ3n) is 2.21. The van der Waals surface area contributed by atoms with Crippen molar-refractivity contribution in [3.8, 4) is 0 Å². The minimum absolute atomic E-state index is 0.239. The number of aromatic nitrogens is 2. The molecule has 2 N–H and O–H groups in total. The summed E-state index contributed by atoms with van der Waals surface area (Å²) in [5.41, 5.74) is 0.243. The van der Waals surface area contributed by atoms with Gasteiger partial charge in [0.25, 0.3) is 0 Å². The fourth-order valence-electron chi connectivity index (χ4n) is 1.38. The molecule has 20 heavy (non-hydrogen) atoms. The van der Waals surface area contributed by atoms with Crippen molar-refractivity contribution >= 4 is 29.5 Å². The summed E-state index contributed by atoms with van der Waals surface area (Å²) in [7, 11) is 0. The van der Waals surface area contributed by atoms with E-state index in [-0.39, 0.29) is 23.9 Å². The number of aromatic amines is 1. The second-order valence-corrected chi connectivity index (χ2v) is 4.37. The Morgan fingerprint density at radius 1 is 1.45 bits per heavy atom. The Bertz CT molecular complexity index is 535. The molecule has 0 aromatic carbocycles. The molecule has 7 heteroatoms. The molecule has 0 fully saturated rings. The van der Waals surface area contributed by atoms with Gasteiger partial charge >= 0.3 is 5.97 Å². The summed E-state index contributed by atoms with van der Waals surface area (Å²) in [6.45, 7) is 3.82. The lowest BCUT2D eigenvalue weighted by Crippen LogP contribution is -2.13. The third-order valence-corrected chi connectivity index (χ3v) is 2.89. The van der Waals surface area contributed by atoms with Crippen molar-refractivity contribution in [3.63, 3.8) is 0 Å². The Hall–Kier alpha value is -2.02. The van der Waals surface area contributed by atoms with Gasteiger partial charge in [0.15, 0.2) is 0 Å². The average Bonchev–Trinajstić information content (AvgIpc) is 2.82. The smallest absolute Gasteiger partial charge is 0.344 e. The van der Waals surface area contributed by atoms with Gasteiger partial charge in [-0.05, 0) is 20.1 Å². The lowest BCUT2D eigenvalue weighted by molar-refractivity contribution is -0.111. The van der Waals surface area contributed by atoms with Gasteiger partial charge in [-0.15, -0.1) is 11.8 Å². The van der Waals surface area contributed by atoms with Crippen LogP contribution in [0, 0.1) is 0 Å². The molecule has 0 atom stereocenters. The molecule has 0 bridgehead atoms. The van der Waals surface area contributed by atoms with Gasteiger partial charge in [0.05, 0.1) is 6.61 Å². The van der Waals surface area contributed by atoms with Gasteiger partial charge in [-0.25, -0.2) is 4.79 Å². The van der Waals surface area contributed by atoms with E-state index in [9.17, 15) is 9.59 Å². The van der Waals surface area contributed by atoms with E-state index < -0.39 is 5.97 Å². The fourth-order valence-corrected chi connectivity index (χ4v) is 1.90. The maximum atomic E-state index is 11.9. The second kappa shape index (κ2) is 8.21. The molecule has 1 aromatic heterocycles. The number of H-pyrrole nitrogens is 1. The number of anilines is 1. The first kappa shape index (κ1) is 16.0. The van der Waals surface area contributed by atoms with Crippen LogP contribution in [0.1, 0.15) is 24.2 Å². The van der Waals surface area contributed by atoms with Gasteiger partial charge in [0, 0.05) is 6.08 Å². The van der Waals surface area contributed by atoms with E-state index in [0.29, 0.717) is 5.03 Å². The number of nitrogens with one attached hydrogen (secondary N) is 2. The lowest BCUT2D eigenvalue weighted by atomic mass is 10.3. The molecule has 6 nitrogen and oxygen atoms in total. The van der Waals surface area contributed by atoms with Crippen LogP contribution >= 0.6 is 11.8 Å². The largest absolute Gasteiger partial charge is 0.462 e. The molecule has 0 aliphatic rings. The number of thioether (sulfide) groups is 1. The molecule has 0 radical (unpaired) electrons. The molecule has 108 valence electrons. The summed E-state index contributed by atoms with van der Waals surface area (Å²) in [5.74, 6) is -0.633. The van der Waals surface area contributed by atoms with Crippen molar-refractivity contribution in [2.75, 3.05) is 18.2 Å². The number of nitrogens with zero attached hydrogens (tertiary/aromatic N) is 1. The standard InChI is InChI=1S/C13H17N3O3S/c1-4-6-7-8-9(17)14-11-10(13(18)19-5-2)12(20-3)16-15-11/h4,6-8H,5H2,1-3H3,(H2,14,15,16,17)/b6-4+,8-7+. The predicted molar refractivity (Wildman–Crippen MR) is 78.9 cm³/mol. The highest BCUT2D eigenvalue weighted by molar-refractivity contribution is 7.98. The van der Waals surface area contributed by atoms with Crippen molar-refractivity contribution in [1.29, 1.82) is 0 Å². The zero-order chi connectivity index (χ0) is 15.0. The fraction of sp³-hybridized carbons (Fsp3) is 0.308. The highest BCUT2D eigenvalue weighted by Crippen LogP contribution is 2.25. The van der Waals surface area contributed by atoms with E-state index >= 15 is 0 Å². The predicted octanol–water partition coefficient (Wildman–Crippen LogP) is 2.38. The lowest BCUT2D eigenvalue weighted by Gasteiger charge is -2.04. The van der Waals surface area contributed by atoms with E-state index in [2.05, 4.69) is 15.5 Å². The molecule has 0 saturated carbocycles. The molecule has 1 aromatic rings. The number of hydrogen-bond donors (Lipinski definition) is 2. The van der Waals surface area contributed by atoms with Crippen LogP contribution in [-0.2, 0) is 9.53 Å². The molecular weight excluding hydrogens is 278 g/mol. The quantitative estimate of drug-likeness (QED) is 0.364. The SMILES string of the molecule is C/C=C/C=C/C(=O)Nc1[nH]nc(SC)c1C(=O)OCC. The Kier molecular flexibility index (Phi) is 6.58. The van der Waals surface area contributed by atoms with E-state index in [1.54, 1.807) is 31.4 Å².